The highest BCUT2D eigenvalue weighted by atomic mass is 16.5. The number of anilines is 1. The Balaban J connectivity index is 1.72. The van der Waals surface area contributed by atoms with E-state index in [1.54, 1.807) is 36.9 Å². The predicted molar refractivity (Wildman–Crippen MR) is 131 cm³/mol. The molecule has 3 aromatic rings. The third-order valence-corrected chi connectivity index (χ3v) is 6.80. The fraction of sp³-hybridized carbons (Fsp3) is 0.385. The third-order valence-electron chi connectivity index (χ3n) is 6.80. The Labute approximate surface area is 199 Å². The van der Waals surface area contributed by atoms with E-state index in [9.17, 15) is 15.3 Å². The van der Waals surface area contributed by atoms with Crippen LogP contribution in [0.15, 0.2) is 47.3 Å². The molecule has 34 heavy (non-hydrogen) atoms. The highest BCUT2D eigenvalue weighted by Gasteiger charge is 2.35. The Morgan fingerprint density at radius 3 is 2.56 bits per heavy atom. The van der Waals surface area contributed by atoms with Gasteiger partial charge in [0.25, 0.3) is 5.56 Å². The van der Waals surface area contributed by atoms with E-state index in [2.05, 4.69) is 52.9 Å². The average Bonchev–Trinajstić information content (AvgIpc) is 2.86. The monoisotopic (exact) mass is 456 g/mol. The zero-order valence-electron chi connectivity index (χ0n) is 19.9. The van der Waals surface area contributed by atoms with E-state index in [4.69, 9.17) is 4.74 Å². The number of piperazine rings is 1. The molecule has 1 aromatic carbocycles. The fourth-order valence-electron chi connectivity index (χ4n) is 4.83. The largest absolute Gasteiger partial charge is 0.497 e. The second kappa shape index (κ2) is 9.54. The molecule has 1 saturated heterocycles. The van der Waals surface area contributed by atoms with Gasteiger partial charge in [-0.2, -0.15) is 10.5 Å². The van der Waals surface area contributed by atoms with Gasteiger partial charge in [0, 0.05) is 44.3 Å². The van der Waals surface area contributed by atoms with Crippen LogP contribution >= 0.6 is 0 Å². The smallest absolute Gasteiger partial charge is 0.252 e. The molecule has 4 rings (SSSR count). The summed E-state index contributed by atoms with van der Waals surface area (Å²) in [4.78, 5) is 21.8. The molecule has 1 aliphatic heterocycles. The van der Waals surface area contributed by atoms with Crippen LogP contribution in [0, 0.1) is 22.7 Å². The normalized spacial score (nSPS) is 19.4. The lowest BCUT2D eigenvalue weighted by Crippen LogP contribution is -2.58. The maximum Gasteiger partial charge on any atom is 0.252 e. The van der Waals surface area contributed by atoms with Crippen LogP contribution in [0.3, 0.4) is 0 Å². The van der Waals surface area contributed by atoms with Gasteiger partial charge in [-0.15, -0.1) is 0 Å². The SMILES string of the molecule is COc1ccc(C(C)N2C[C@H](C)N(c3cc(=O)n(C)c4ccc(C#N)nc34)C[C@H]2CC#N)cc1. The number of nitrogens with zero attached hydrogens (tertiary/aromatic N) is 6. The molecule has 0 radical (unpaired) electrons. The molecule has 3 heterocycles. The summed E-state index contributed by atoms with van der Waals surface area (Å²) >= 11 is 0. The van der Waals surface area contributed by atoms with Gasteiger partial charge in [-0.25, -0.2) is 4.98 Å². The van der Waals surface area contributed by atoms with Gasteiger partial charge in [0.05, 0.1) is 30.8 Å². The van der Waals surface area contributed by atoms with Crippen LogP contribution in [0.5, 0.6) is 5.75 Å². The van der Waals surface area contributed by atoms with Crippen LogP contribution in [0.25, 0.3) is 11.0 Å². The molecule has 1 aliphatic rings. The number of methoxy groups -OCH3 is 1. The van der Waals surface area contributed by atoms with Crippen molar-refractivity contribution in [2.45, 2.75) is 38.4 Å². The lowest BCUT2D eigenvalue weighted by molar-refractivity contribution is 0.111. The second-order valence-corrected chi connectivity index (χ2v) is 8.77. The van der Waals surface area contributed by atoms with Crippen LogP contribution < -0.4 is 15.2 Å². The first-order valence-electron chi connectivity index (χ1n) is 11.3. The summed E-state index contributed by atoms with van der Waals surface area (Å²) in [6, 6.07) is 17.6. The summed E-state index contributed by atoms with van der Waals surface area (Å²) in [7, 11) is 3.36. The standard InChI is InChI=1S/C26H28N6O2/c1-17-15-32(18(2)19-5-8-22(34-4)9-6-19)21(11-12-27)16-31(17)24-13-25(33)30(3)23-10-7-20(14-28)29-26(23)24/h5-10,13,17-18,21H,11,15-16H2,1-4H3/t17-,18?,21+/m0/s1. The first-order valence-corrected chi connectivity index (χ1v) is 11.3. The number of benzene rings is 1. The number of fused-ring (bicyclic) bond motifs is 1. The Hall–Kier alpha value is -3.88. The van der Waals surface area contributed by atoms with E-state index in [0.29, 0.717) is 41.9 Å². The molecule has 0 aliphatic carbocycles. The molecule has 0 saturated carbocycles. The predicted octanol–water partition coefficient (Wildman–Crippen LogP) is 3.37. The number of hydrogen-bond donors (Lipinski definition) is 0. The van der Waals surface area contributed by atoms with E-state index in [1.165, 1.54) is 0 Å². The number of hydrogen-bond acceptors (Lipinski definition) is 7. The molecule has 0 amide bonds. The maximum absolute atomic E-state index is 12.7. The Bertz CT molecular complexity index is 1330. The van der Waals surface area contributed by atoms with E-state index in [1.807, 2.05) is 12.1 Å². The quantitative estimate of drug-likeness (QED) is 0.580. The molecule has 8 nitrogen and oxygen atoms in total. The molecule has 8 heteroatoms. The lowest BCUT2D eigenvalue weighted by Gasteiger charge is -2.48. The number of aryl methyl sites for hydroxylation is 1. The summed E-state index contributed by atoms with van der Waals surface area (Å²) in [5.74, 6) is 0.810. The van der Waals surface area contributed by atoms with Crippen molar-refractivity contribution in [3.8, 4) is 17.9 Å². The molecular formula is C26H28N6O2. The summed E-state index contributed by atoms with van der Waals surface area (Å²) in [6.07, 6.45) is 0.364. The summed E-state index contributed by atoms with van der Waals surface area (Å²) in [5.41, 5.74) is 3.35. The van der Waals surface area contributed by atoms with Gasteiger partial charge in [0.15, 0.2) is 0 Å². The molecule has 0 spiro atoms. The van der Waals surface area contributed by atoms with Gasteiger partial charge >= 0.3 is 0 Å². The number of rotatable bonds is 5. The van der Waals surface area contributed by atoms with Crippen molar-refractivity contribution in [1.82, 2.24) is 14.5 Å². The van der Waals surface area contributed by atoms with Crippen molar-refractivity contribution in [2.24, 2.45) is 7.05 Å². The van der Waals surface area contributed by atoms with E-state index >= 15 is 0 Å². The van der Waals surface area contributed by atoms with Crippen LogP contribution in [-0.2, 0) is 7.05 Å². The van der Waals surface area contributed by atoms with E-state index < -0.39 is 0 Å². The Kier molecular flexibility index (Phi) is 6.54. The third kappa shape index (κ3) is 4.21. The molecule has 1 unspecified atom stereocenters. The maximum atomic E-state index is 12.7. The van der Waals surface area contributed by atoms with Gasteiger partial charge in [0.1, 0.15) is 23.0 Å². The van der Waals surface area contributed by atoms with Crippen molar-refractivity contribution < 1.29 is 4.74 Å². The van der Waals surface area contributed by atoms with Crippen LogP contribution in [0.1, 0.15) is 37.6 Å². The highest BCUT2D eigenvalue weighted by molar-refractivity contribution is 5.89. The lowest BCUT2D eigenvalue weighted by atomic mass is 9.98. The zero-order valence-corrected chi connectivity index (χ0v) is 19.9. The number of nitriles is 2. The van der Waals surface area contributed by atoms with Crippen molar-refractivity contribution in [2.75, 3.05) is 25.1 Å². The van der Waals surface area contributed by atoms with Crippen LogP contribution in [0.4, 0.5) is 5.69 Å². The van der Waals surface area contributed by atoms with Crippen LogP contribution in [-0.4, -0.2) is 46.7 Å². The summed E-state index contributed by atoms with van der Waals surface area (Å²) < 4.78 is 6.84. The Morgan fingerprint density at radius 2 is 1.91 bits per heavy atom. The van der Waals surface area contributed by atoms with E-state index in [0.717, 1.165) is 11.3 Å². The van der Waals surface area contributed by atoms with Crippen molar-refractivity contribution in [3.63, 3.8) is 0 Å². The van der Waals surface area contributed by atoms with Crippen molar-refractivity contribution in [1.29, 1.82) is 10.5 Å². The topological polar surface area (TPSA) is 98.2 Å². The minimum atomic E-state index is -0.132. The fourth-order valence-corrected chi connectivity index (χ4v) is 4.83. The molecular weight excluding hydrogens is 428 g/mol. The molecule has 0 N–H and O–H groups in total. The second-order valence-electron chi connectivity index (χ2n) is 8.77. The molecule has 0 bridgehead atoms. The van der Waals surface area contributed by atoms with Gasteiger partial charge in [-0.3, -0.25) is 9.69 Å². The minimum absolute atomic E-state index is 0.0310. The molecule has 1 fully saturated rings. The Morgan fingerprint density at radius 1 is 1.18 bits per heavy atom. The molecule has 3 atom stereocenters. The number of pyridine rings is 2. The summed E-state index contributed by atoms with van der Waals surface area (Å²) in [6.45, 7) is 5.57. The van der Waals surface area contributed by atoms with Crippen molar-refractivity contribution >= 4 is 16.7 Å². The van der Waals surface area contributed by atoms with Crippen LogP contribution in [0.2, 0.25) is 0 Å². The summed E-state index contributed by atoms with van der Waals surface area (Å²) in [5, 5.41) is 19.0. The van der Waals surface area contributed by atoms with Gasteiger partial charge < -0.3 is 14.2 Å². The molecule has 2 aromatic heterocycles. The number of aromatic nitrogens is 2. The van der Waals surface area contributed by atoms with Gasteiger partial charge in [-0.1, -0.05) is 12.1 Å². The zero-order chi connectivity index (χ0) is 24.4. The molecule has 174 valence electrons. The average molecular weight is 457 g/mol. The van der Waals surface area contributed by atoms with E-state index in [-0.39, 0.29) is 23.7 Å². The first-order chi connectivity index (χ1) is 16.4. The van der Waals surface area contributed by atoms with Gasteiger partial charge in [0.2, 0.25) is 0 Å². The highest BCUT2D eigenvalue weighted by Crippen LogP contribution is 2.33. The number of ether oxygens (including phenoxy) is 1. The van der Waals surface area contributed by atoms with Gasteiger partial charge in [-0.05, 0) is 43.7 Å². The minimum Gasteiger partial charge on any atom is -0.497 e. The van der Waals surface area contributed by atoms with Crippen molar-refractivity contribution in [3.05, 3.63) is 64.1 Å². The first kappa shape index (κ1) is 23.3.